The van der Waals surface area contributed by atoms with Crippen molar-refractivity contribution >= 4 is 35.2 Å². The number of methoxy groups -OCH3 is 1. The monoisotopic (exact) mass is 558 g/mol. The van der Waals surface area contributed by atoms with Crippen LogP contribution in [0.25, 0.3) is 0 Å². The van der Waals surface area contributed by atoms with Gasteiger partial charge in [-0.05, 0) is 33.3 Å². The standard InChI is InChI=1S/C27H22F4N4O5/c1-26(2,3)40-25(38)34-13-9-6-5-8-12(13)27(24(34)37)15-17(28)18(29)19(30)20(31)21(15)35-22(16(27)23(36)39-4)33-11-7-10-14(33)32-35/h5-6,8-9H,7,10-11H2,1-4H3. The molecule has 13 heteroatoms. The predicted octanol–water partition coefficient (Wildman–Crippen LogP) is 4.44. The lowest BCUT2D eigenvalue weighted by Crippen LogP contribution is -2.53. The molecule has 2 aromatic rings. The molecular formula is C27H22F4N4O5. The Labute approximate surface area is 225 Å². The fourth-order valence-electron chi connectivity index (χ4n) is 5.82. The van der Waals surface area contributed by atoms with Gasteiger partial charge in [-0.15, -0.1) is 0 Å². The van der Waals surface area contributed by atoms with Gasteiger partial charge in [0.1, 0.15) is 33.9 Å². The lowest BCUT2D eigenvalue weighted by Gasteiger charge is -2.40. The minimum atomic E-state index is -2.67. The number of carbonyl (C=O) groups excluding carboxylic acids is 3. The Hall–Kier alpha value is -4.42. The average Bonchev–Trinajstić information content (AvgIpc) is 3.56. The summed E-state index contributed by atoms with van der Waals surface area (Å²) in [5.41, 5.74) is -6.46. The van der Waals surface area contributed by atoms with Crippen LogP contribution in [0.1, 0.15) is 44.7 Å². The van der Waals surface area contributed by atoms with Gasteiger partial charge in [0.05, 0.1) is 12.8 Å². The van der Waals surface area contributed by atoms with Gasteiger partial charge >= 0.3 is 12.1 Å². The fourth-order valence-corrected chi connectivity index (χ4v) is 5.82. The molecule has 0 saturated carbocycles. The first-order valence-corrected chi connectivity index (χ1v) is 12.4. The van der Waals surface area contributed by atoms with Gasteiger partial charge in [0.25, 0.3) is 5.91 Å². The van der Waals surface area contributed by atoms with Crippen LogP contribution in [0.5, 0.6) is 0 Å². The molecule has 4 aliphatic rings. The number of ether oxygens (including phenoxy) is 2. The summed E-state index contributed by atoms with van der Waals surface area (Å²) in [5.74, 6) is -10.3. The summed E-state index contributed by atoms with van der Waals surface area (Å²) in [6.07, 6.45) is -0.222. The van der Waals surface area contributed by atoms with Crippen molar-refractivity contribution in [3.63, 3.8) is 0 Å². The number of rotatable bonds is 1. The molecule has 1 unspecified atom stereocenters. The van der Waals surface area contributed by atoms with Crippen molar-refractivity contribution in [1.82, 2.24) is 4.90 Å². The zero-order valence-corrected chi connectivity index (χ0v) is 21.8. The molecule has 4 aliphatic heterocycles. The highest BCUT2D eigenvalue weighted by atomic mass is 19.2. The maximum absolute atomic E-state index is 16.0. The number of imide groups is 1. The number of amidine groups is 1. The molecule has 2 aromatic carbocycles. The van der Waals surface area contributed by atoms with Crippen LogP contribution in [0.3, 0.4) is 0 Å². The van der Waals surface area contributed by atoms with Gasteiger partial charge in [-0.1, -0.05) is 18.2 Å². The second-order valence-corrected chi connectivity index (χ2v) is 10.6. The molecule has 1 atom stereocenters. The number of nitrogens with zero attached hydrogens (tertiary/aromatic N) is 4. The number of para-hydroxylation sites is 1. The Bertz CT molecular complexity index is 1610. The van der Waals surface area contributed by atoms with E-state index in [9.17, 15) is 23.2 Å². The van der Waals surface area contributed by atoms with Crippen LogP contribution in [-0.4, -0.2) is 48.0 Å². The van der Waals surface area contributed by atoms with Crippen LogP contribution < -0.4 is 9.91 Å². The van der Waals surface area contributed by atoms with Crippen molar-refractivity contribution in [2.75, 3.05) is 23.6 Å². The summed E-state index contributed by atoms with van der Waals surface area (Å²) in [7, 11) is 1.02. The zero-order chi connectivity index (χ0) is 28.9. The number of benzene rings is 2. The number of anilines is 2. The molecule has 9 nitrogen and oxygen atoms in total. The van der Waals surface area contributed by atoms with Crippen molar-refractivity contribution < 1.29 is 41.4 Å². The summed E-state index contributed by atoms with van der Waals surface area (Å²) >= 11 is 0. The molecule has 1 spiro atoms. The van der Waals surface area contributed by atoms with Crippen LogP contribution in [0.4, 0.5) is 33.7 Å². The number of hydrazone groups is 1. The second kappa shape index (κ2) is 8.29. The Morgan fingerprint density at radius 3 is 2.38 bits per heavy atom. The van der Waals surface area contributed by atoms with Gasteiger partial charge in [-0.2, -0.15) is 5.10 Å². The number of fused-ring (bicyclic) bond motifs is 8. The van der Waals surface area contributed by atoms with Crippen LogP contribution in [-0.2, 0) is 24.5 Å². The molecular weight excluding hydrogens is 536 g/mol. The van der Waals surface area contributed by atoms with E-state index in [1.165, 1.54) is 29.2 Å². The highest BCUT2D eigenvalue weighted by molar-refractivity contribution is 6.27. The van der Waals surface area contributed by atoms with E-state index in [1.807, 2.05) is 0 Å². The quantitative estimate of drug-likeness (QED) is 0.221. The van der Waals surface area contributed by atoms with Gasteiger partial charge in [-0.25, -0.2) is 37.1 Å². The molecule has 1 fully saturated rings. The number of carbonyl (C=O) groups is 3. The summed E-state index contributed by atoms with van der Waals surface area (Å²) < 4.78 is 71.9. The average molecular weight is 558 g/mol. The van der Waals surface area contributed by atoms with Gasteiger partial charge < -0.3 is 14.4 Å². The Balaban J connectivity index is 1.79. The van der Waals surface area contributed by atoms with Crippen molar-refractivity contribution in [3.05, 3.63) is 70.1 Å². The summed E-state index contributed by atoms with van der Waals surface area (Å²) in [6.45, 7) is 4.94. The number of esters is 1. The molecule has 1 saturated heterocycles. The van der Waals surface area contributed by atoms with Crippen LogP contribution in [0.15, 0.2) is 40.8 Å². The lowest BCUT2D eigenvalue weighted by atomic mass is 9.66. The molecule has 208 valence electrons. The molecule has 40 heavy (non-hydrogen) atoms. The normalized spacial score (nSPS) is 20.9. The highest BCUT2D eigenvalue weighted by Gasteiger charge is 2.66. The summed E-state index contributed by atoms with van der Waals surface area (Å²) in [4.78, 5) is 43.7. The van der Waals surface area contributed by atoms with Crippen LogP contribution in [0, 0.1) is 23.3 Å². The maximum Gasteiger partial charge on any atom is 0.421 e. The third-order valence-corrected chi connectivity index (χ3v) is 7.23. The Morgan fingerprint density at radius 2 is 1.70 bits per heavy atom. The van der Waals surface area contributed by atoms with E-state index in [0.717, 1.165) is 12.1 Å². The molecule has 0 aromatic heterocycles. The van der Waals surface area contributed by atoms with Gasteiger partial charge in [0.15, 0.2) is 23.3 Å². The van der Waals surface area contributed by atoms with Crippen molar-refractivity contribution in [2.45, 2.75) is 44.6 Å². The molecule has 2 amide bonds. The maximum atomic E-state index is 16.0. The van der Waals surface area contributed by atoms with E-state index in [4.69, 9.17) is 9.47 Å². The predicted molar refractivity (Wildman–Crippen MR) is 132 cm³/mol. The van der Waals surface area contributed by atoms with E-state index in [-0.39, 0.29) is 23.6 Å². The second-order valence-electron chi connectivity index (χ2n) is 10.6. The summed E-state index contributed by atoms with van der Waals surface area (Å²) in [6, 6.07) is 5.58. The zero-order valence-electron chi connectivity index (χ0n) is 21.8. The van der Waals surface area contributed by atoms with Gasteiger partial charge in [0, 0.05) is 24.1 Å². The number of amides is 2. The molecule has 0 aliphatic carbocycles. The first kappa shape index (κ1) is 25.8. The third-order valence-electron chi connectivity index (χ3n) is 7.23. The van der Waals surface area contributed by atoms with Crippen molar-refractivity contribution in [2.24, 2.45) is 5.10 Å². The fraction of sp³-hybridized carbons (Fsp3) is 0.333. The smallest absolute Gasteiger partial charge is 0.421 e. The SMILES string of the molecule is COC(=O)C1=C2N3CCCC3=NN2c2c(F)c(F)c(F)c(F)c2C12C(=O)N(C(=O)OC(C)(C)C)c1ccccc12. The van der Waals surface area contributed by atoms with Crippen LogP contribution in [0.2, 0.25) is 0 Å². The van der Waals surface area contributed by atoms with Crippen molar-refractivity contribution in [1.29, 1.82) is 0 Å². The number of hydrogen-bond acceptors (Lipinski definition) is 8. The number of halogens is 4. The van der Waals surface area contributed by atoms with E-state index in [1.54, 1.807) is 20.8 Å². The summed E-state index contributed by atoms with van der Waals surface area (Å²) in [5, 5.41) is 5.09. The van der Waals surface area contributed by atoms with Gasteiger partial charge in [0.2, 0.25) is 0 Å². The van der Waals surface area contributed by atoms with E-state index >= 15 is 8.78 Å². The molecule has 6 rings (SSSR count). The molecule has 0 radical (unpaired) electrons. The molecule has 0 N–H and O–H groups in total. The lowest BCUT2D eigenvalue weighted by molar-refractivity contribution is -0.138. The Morgan fingerprint density at radius 1 is 1.02 bits per heavy atom. The minimum Gasteiger partial charge on any atom is -0.466 e. The van der Waals surface area contributed by atoms with E-state index in [2.05, 4.69) is 5.10 Å². The van der Waals surface area contributed by atoms with E-state index in [0.29, 0.717) is 23.6 Å². The molecule has 4 heterocycles. The molecule has 0 bridgehead atoms. The van der Waals surface area contributed by atoms with Gasteiger partial charge in [-0.3, -0.25) is 4.79 Å². The van der Waals surface area contributed by atoms with Crippen molar-refractivity contribution in [3.8, 4) is 0 Å². The largest absolute Gasteiger partial charge is 0.466 e. The highest BCUT2D eigenvalue weighted by Crippen LogP contribution is 2.60. The Kier molecular flexibility index (Phi) is 5.36. The minimum absolute atomic E-state index is 0.117. The van der Waals surface area contributed by atoms with Crippen LogP contribution >= 0.6 is 0 Å². The van der Waals surface area contributed by atoms with E-state index < -0.39 is 69.1 Å². The number of hydrogen-bond donors (Lipinski definition) is 0. The third kappa shape index (κ3) is 3.08. The first-order valence-electron chi connectivity index (χ1n) is 12.4. The first-order chi connectivity index (χ1) is 18.9. The topological polar surface area (TPSA) is 91.8 Å².